The van der Waals surface area contributed by atoms with Gasteiger partial charge in [0.15, 0.2) is 11.9 Å². The van der Waals surface area contributed by atoms with Crippen LogP contribution in [0.2, 0.25) is 0 Å². The van der Waals surface area contributed by atoms with Crippen LogP contribution in [-0.2, 0) is 11.0 Å². The summed E-state index contributed by atoms with van der Waals surface area (Å²) in [5.74, 6) is -3.64. The van der Waals surface area contributed by atoms with Crippen molar-refractivity contribution in [2.75, 3.05) is 5.32 Å². The number of halogens is 5. The van der Waals surface area contributed by atoms with Gasteiger partial charge in [-0.2, -0.15) is 17.9 Å². The lowest BCUT2D eigenvalue weighted by Crippen LogP contribution is -2.44. The molecule has 1 heterocycles. The molecular weight excluding hydrogens is 421 g/mol. The average Bonchev–Trinajstić information content (AvgIpc) is 2.69. The van der Waals surface area contributed by atoms with Crippen LogP contribution in [0.5, 0.6) is 0 Å². The second-order valence-corrected chi connectivity index (χ2v) is 7.80. The van der Waals surface area contributed by atoms with Gasteiger partial charge in [0.2, 0.25) is 11.8 Å². The van der Waals surface area contributed by atoms with Crippen LogP contribution in [0.3, 0.4) is 0 Å². The van der Waals surface area contributed by atoms with Crippen molar-refractivity contribution in [2.24, 2.45) is 11.7 Å². The van der Waals surface area contributed by atoms with Crippen molar-refractivity contribution in [1.82, 2.24) is 0 Å². The van der Waals surface area contributed by atoms with Crippen LogP contribution in [-0.4, -0.2) is 17.9 Å². The van der Waals surface area contributed by atoms with Crippen molar-refractivity contribution >= 4 is 11.6 Å². The highest BCUT2D eigenvalue weighted by Gasteiger charge is 2.39. The van der Waals surface area contributed by atoms with E-state index in [9.17, 15) is 32.0 Å². The van der Waals surface area contributed by atoms with Crippen LogP contribution in [0.1, 0.15) is 36.9 Å². The van der Waals surface area contributed by atoms with Gasteiger partial charge in [-0.25, -0.2) is 8.78 Å². The summed E-state index contributed by atoms with van der Waals surface area (Å²) in [5, 5.41) is 14.4. The van der Waals surface area contributed by atoms with E-state index in [0.717, 1.165) is 12.3 Å². The number of pyridine rings is 1. The molecule has 0 unspecified atom stereocenters. The zero-order valence-electron chi connectivity index (χ0n) is 16.7. The predicted molar refractivity (Wildman–Crippen MR) is 104 cm³/mol. The van der Waals surface area contributed by atoms with Crippen molar-refractivity contribution in [1.29, 1.82) is 0 Å². The molecule has 0 saturated heterocycles. The first-order chi connectivity index (χ1) is 14.4. The molecule has 1 fully saturated rings. The summed E-state index contributed by atoms with van der Waals surface area (Å²) < 4.78 is 67.1. The van der Waals surface area contributed by atoms with Crippen molar-refractivity contribution < 1.29 is 31.5 Å². The summed E-state index contributed by atoms with van der Waals surface area (Å²) >= 11 is 0. The smallest absolute Gasteiger partial charge is 0.417 e. The number of alkyl halides is 5. The van der Waals surface area contributed by atoms with Crippen molar-refractivity contribution in [3.63, 3.8) is 0 Å². The second-order valence-electron chi connectivity index (χ2n) is 7.80. The standard InChI is InChI=1S/C21H22F5N3O2/c1-12-17(16(21(24,25)26)8-11-29(12)31)13-2-4-15(5-3-13)28-19(30)18(27)14-6-9-20(22,23)10-7-14/h2-5,8,11,14,18H,6-7,9-10,27H2,1H3,(H,28,30)/t18-/m0/s1. The van der Waals surface area contributed by atoms with E-state index in [4.69, 9.17) is 5.73 Å². The Labute approximate surface area is 175 Å². The third kappa shape index (κ3) is 5.12. The molecule has 5 nitrogen and oxygen atoms in total. The van der Waals surface area contributed by atoms with Gasteiger partial charge in [-0.15, -0.1) is 0 Å². The quantitative estimate of drug-likeness (QED) is 0.417. The number of aromatic nitrogens is 1. The Kier molecular flexibility index (Phi) is 6.22. The normalized spacial score (nSPS) is 17.9. The second kappa shape index (κ2) is 8.41. The minimum Gasteiger partial charge on any atom is -0.618 e. The van der Waals surface area contributed by atoms with E-state index in [1.165, 1.54) is 31.2 Å². The van der Waals surface area contributed by atoms with Crippen LogP contribution in [0.25, 0.3) is 11.1 Å². The van der Waals surface area contributed by atoms with Crippen LogP contribution < -0.4 is 15.8 Å². The molecule has 0 aliphatic heterocycles. The van der Waals surface area contributed by atoms with E-state index in [1.54, 1.807) is 0 Å². The Morgan fingerprint density at radius 3 is 2.32 bits per heavy atom. The van der Waals surface area contributed by atoms with Gasteiger partial charge in [0.05, 0.1) is 17.2 Å². The zero-order chi connectivity index (χ0) is 23.0. The maximum atomic E-state index is 13.4. The summed E-state index contributed by atoms with van der Waals surface area (Å²) in [6.07, 6.45) is -4.19. The first-order valence-electron chi connectivity index (χ1n) is 9.74. The number of carbonyl (C=O) groups is 1. The molecule has 1 aromatic heterocycles. The van der Waals surface area contributed by atoms with Crippen molar-refractivity contribution in [2.45, 2.75) is 50.7 Å². The molecule has 1 aromatic carbocycles. The molecule has 0 bridgehead atoms. The molecule has 2 aromatic rings. The van der Waals surface area contributed by atoms with Crippen LogP contribution in [0, 0.1) is 18.0 Å². The first kappa shape index (κ1) is 22.9. The topological polar surface area (TPSA) is 82.1 Å². The average molecular weight is 443 g/mol. The van der Waals surface area contributed by atoms with E-state index >= 15 is 0 Å². The minimum absolute atomic E-state index is 0.109. The van der Waals surface area contributed by atoms with Gasteiger partial charge in [-0.1, -0.05) is 12.1 Å². The molecule has 1 aliphatic carbocycles. The predicted octanol–water partition coefficient (Wildman–Crippen LogP) is 4.41. The summed E-state index contributed by atoms with van der Waals surface area (Å²) in [6, 6.07) is 5.27. The number of amides is 1. The lowest BCUT2D eigenvalue weighted by Gasteiger charge is -2.31. The number of hydrogen-bond donors (Lipinski definition) is 2. The fourth-order valence-corrected chi connectivity index (χ4v) is 3.82. The zero-order valence-corrected chi connectivity index (χ0v) is 16.7. The van der Waals surface area contributed by atoms with Gasteiger partial charge in [0, 0.05) is 31.5 Å². The van der Waals surface area contributed by atoms with E-state index in [2.05, 4.69) is 5.32 Å². The molecule has 1 amide bonds. The van der Waals surface area contributed by atoms with Crippen LogP contribution >= 0.6 is 0 Å². The summed E-state index contributed by atoms with van der Waals surface area (Å²) in [5.41, 5.74) is 5.09. The van der Waals surface area contributed by atoms with Gasteiger partial charge in [0.1, 0.15) is 0 Å². The van der Waals surface area contributed by atoms with Gasteiger partial charge in [-0.05, 0) is 36.5 Å². The highest BCUT2D eigenvalue weighted by molar-refractivity contribution is 5.95. The lowest BCUT2D eigenvalue weighted by molar-refractivity contribution is -0.611. The number of nitrogens with one attached hydrogen (secondary N) is 1. The third-order valence-electron chi connectivity index (χ3n) is 5.66. The molecule has 1 atom stereocenters. The number of carbonyl (C=O) groups excluding carboxylic acids is 1. The van der Waals surface area contributed by atoms with Crippen molar-refractivity contribution in [3.8, 4) is 11.1 Å². The first-order valence-corrected chi connectivity index (χ1v) is 9.74. The Hall–Kier alpha value is -2.75. The highest BCUT2D eigenvalue weighted by atomic mass is 19.4. The summed E-state index contributed by atoms with van der Waals surface area (Å²) in [4.78, 5) is 12.4. The summed E-state index contributed by atoms with van der Waals surface area (Å²) in [6.45, 7) is 1.29. The Balaban J connectivity index is 1.76. The molecule has 168 valence electrons. The fraction of sp³-hybridized carbons (Fsp3) is 0.429. The number of nitrogens with two attached hydrogens (primary N) is 1. The van der Waals surface area contributed by atoms with E-state index < -0.39 is 29.6 Å². The van der Waals surface area contributed by atoms with Gasteiger partial charge in [0.25, 0.3) is 0 Å². The van der Waals surface area contributed by atoms with E-state index in [0.29, 0.717) is 10.4 Å². The van der Waals surface area contributed by atoms with Gasteiger partial charge in [-0.3, -0.25) is 4.79 Å². The lowest BCUT2D eigenvalue weighted by atomic mass is 9.82. The molecule has 3 rings (SSSR count). The Bertz CT molecular complexity index is 951. The van der Waals surface area contributed by atoms with Crippen molar-refractivity contribution in [3.05, 3.63) is 53.0 Å². The molecule has 0 spiro atoms. The molecule has 31 heavy (non-hydrogen) atoms. The molecule has 0 radical (unpaired) electrons. The fourth-order valence-electron chi connectivity index (χ4n) is 3.82. The number of benzene rings is 1. The molecule has 10 heteroatoms. The van der Waals surface area contributed by atoms with E-state index in [1.807, 2.05) is 0 Å². The Morgan fingerprint density at radius 1 is 1.19 bits per heavy atom. The molecule has 1 saturated carbocycles. The minimum atomic E-state index is -4.65. The number of rotatable bonds is 4. The maximum Gasteiger partial charge on any atom is 0.417 e. The SMILES string of the molecule is Cc1c(-c2ccc(NC(=O)[C@@H](N)C3CCC(F)(F)CC3)cc2)c(C(F)(F)F)cc[n+]1[O-]. The number of anilines is 1. The summed E-state index contributed by atoms with van der Waals surface area (Å²) in [7, 11) is 0. The van der Waals surface area contributed by atoms with Gasteiger partial charge >= 0.3 is 6.18 Å². The van der Waals surface area contributed by atoms with Gasteiger partial charge < -0.3 is 16.3 Å². The van der Waals surface area contributed by atoms with E-state index in [-0.39, 0.29) is 48.4 Å². The number of hydrogen-bond acceptors (Lipinski definition) is 3. The monoisotopic (exact) mass is 443 g/mol. The molecule has 1 aliphatic rings. The third-order valence-corrected chi connectivity index (χ3v) is 5.66. The van der Waals surface area contributed by atoms with Crippen LogP contribution in [0.15, 0.2) is 36.5 Å². The number of nitrogens with zero attached hydrogens (tertiary/aromatic N) is 1. The largest absolute Gasteiger partial charge is 0.618 e. The molecular formula is C21H22F5N3O2. The highest BCUT2D eigenvalue weighted by Crippen LogP contribution is 2.39. The van der Waals surface area contributed by atoms with Crippen LogP contribution in [0.4, 0.5) is 27.6 Å². The molecule has 3 N–H and O–H groups in total. The Morgan fingerprint density at radius 2 is 1.77 bits per heavy atom. The maximum absolute atomic E-state index is 13.4.